The highest BCUT2D eigenvalue weighted by atomic mass is 35.5. The van der Waals surface area contributed by atoms with Gasteiger partial charge in [-0.15, -0.1) is 0 Å². The Morgan fingerprint density at radius 2 is 1.80 bits per heavy atom. The van der Waals surface area contributed by atoms with Crippen LogP contribution in [0.25, 0.3) is 0 Å². The molecule has 0 aliphatic rings. The van der Waals surface area contributed by atoms with Crippen LogP contribution >= 0.6 is 11.6 Å². The summed E-state index contributed by atoms with van der Waals surface area (Å²) in [5.74, 6) is 1.93. The molecule has 128 valence electrons. The number of aryl methyl sites for hydroxylation is 2. The number of anilines is 4. The molecule has 0 saturated heterocycles. The number of hydrogen-bond donors (Lipinski definition) is 2. The van der Waals surface area contributed by atoms with E-state index in [1.54, 1.807) is 13.3 Å². The molecule has 0 aliphatic carbocycles. The van der Waals surface area contributed by atoms with E-state index in [9.17, 15) is 0 Å². The van der Waals surface area contributed by atoms with Gasteiger partial charge in [-0.2, -0.15) is 4.98 Å². The zero-order valence-corrected chi connectivity index (χ0v) is 15.1. The molecule has 0 radical (unpaired) electrons. The standard InChI is InChI=1S/C19H19ClN4O/c1-12-4-7-17(25-3)16(10-12)22-18-8-9-21-19(24-18)23-15-6-5-14(20)11-13(15)2/h4-11H,1-3H3,(H2,21,22,23,24). The first-order chi connectivity index (χ1) is 12.0. The van der Waals surface area contributed by atoms with E-state index >= 15 is 0 Å². The van der Waals surface area contributed by atoms with Gasteiger partial charge in [0.2, 0.25) is 5.95 Å². The van der Waals surface area contributed by atoms with Crippen molar-refractivity contribution in [2.45, 2.75) is 13.8 Å². The quantitative estimate of drug-likeness (QED) is 0.656. The van der Waals surface area contributed by atoms with Crippen molar-refractivity contribution in [2.75, 3.05) is 17.7 Å². The Hall–Kier alpha value is -2.79. The van der Waals surface area contributed by atoms with Crippen molar-refractivity contribution < 1.29 is 4.74 Å². The molecule has 6 heteroatoms. The molecule has 0 bridgehead atoms. The Labute approximate surface area is 152 Å². The maximum Gasteiger partial charge on any atom is 0.229 e. The van der Waals surface area contributed by atoms with Gasteiger partial charge >= 0.3 is 0 Å². The Kier molecular flexibility index (Phi) is 5.05. The third-order valence-corrected chi connectivity index (χ3v) is 3.94. The second-order valence-electron chi connectivity index (χ2n) is 5.68. The zero-order valence-electron chi connectivity index (χ0n) is 14.3. The van der Waals surface area contributed by atoms with E-state index in [4.69, 9.17) is 16.3 Å². The number of ether oxygens (including phenoxy) is 1. The third kappa shape index (κ3) is 4.19. The number of halogens is 1. The molecule has 0 amide bonds. The van der Waals surface area contributed by atoms with Crippen LogP contribution in [0.1, 0.15) is 11.1 Å². The molecule has 2 aromatic carbocycles. The van der Waals surface area contributed by atoms with Gasteiger partial charge in [0.1, 0.15) is 11.6 Å². The summed E-state index contributed by atoms with van der Waals surface area (Å²) in [6, 6.07) is 13.4. The molecule has 1 aromatic heterocycles. The molecule has 2 N–H and O–H groups in total. The van der Waals surface area contributed by atoms with Gasteiger partial charge in [-0.25, -0.2) is 4.98 Å². The summed E-state index contributed by atoms with van der Waals surface area (Å²) in [5.41, 5.74) is 3.92. The minimum atomic E-state index is 0.502. The summed E-state index contributed by atoms with van der Waals surface area (Å²) in [6.45, 7) is 4.01. The number of rotatable bonds is 5. The van der Waals surface area contributed by atoms with Crippen molar-refractivity contribution in [1.29, 1.82) is 0 Å². The third-order valence-electron chi connectivity index (χ3n) is 3.71. The van der Waals surface area contributed by atoms with Gasteiger partial charge in [0, 0.05) is 16.9 Å². The van der Waals surface area contributed by atoms with Crippen LogP contribution in [-0.2, 0) is 0 Å². The van der Waals surface area contributed by atoms with Crippen LogP contribution in [0.2, 0.25) is 5.02 Å². The minimum absolute atomic E-state index is 0.502. The highest BCUT2D eigenvalue weighted by molar-refractivity contribution is 6.30. The molecule has 3 rings (SSSR count). The number of hydrogen-bond acceptors (Lipinski definition) is 5. The first-order valence-electron chi connectivity index (χ1n) is 7.83. The highest BCUT2D eigenvalue weighted by Crippen LogP contribution is 2.28. The largest absolute Gasteiger partial charge is 0.495 e. The maximum atomic E-state index is 6.00. The van der Waals surface area contributed by atoms with Gasteiger partial charge in [0.15, 0.2) is 0 Å². The van der Waals surface area contributed by atoms with Crippen molar-refractivity contribution in [2.24, 2.45) is 0 Å². The smallest absolute Gasteiger partial charge is 0.229 e. The fourth-order valence-corrected chi connectivity index (χ4v) is 2.66. The summed E-state index contributed by atoms with van der Waals surface area (Å²) < 4.78 is 5.39. The fourth-order valence-electron chi connectivity index (χ4n) is 2.43. The summed E-state index contributed by atoms with van der Waals surface area (Å²) >= 11 is 6.00. The second kappa shape index (κ2) is 7.40. The van der Waals surface area contributed by atoms with E-state index in [1.165, 1.54) is 0 Å². The van der Waals surface area contributed by atoms with Crippen LogP contribution in [0.4, 0.5) is 23.1 Å². The molecule has 5 nitrogen and oxygen atoms in total. The van der Waals surface area contributed by atoms with Gasteiger partial charge in [-0.05, 0) is 61.4 Å². The van der Waals surface area contributed by atoms with Gasteiger partial charge in [0.05, 0.1) is 12.8 Å². The van der Waals surface area contributed by atoms with E-state index < -0.39 is 0 Å². The average molecular weight is 355 g/mol. The van der Waals surface area contributed by atoms with Gasteiger partial charge < -0.3 is 15.4 Å². The molecule has 1 heterocycles. The average Bonchev–Trinajstić information content (AvgIpc) is 2.58. The van der Waals surface area contributed by atoms with Gasteiger partial charge in [0.25, 0.3) is 0 Å². The van der Waals surface area contributed by atoms with Crippen molar-refractivity contribution in [3.63, 3.8) is 0 Å². The Balaban J connectivity index is 1.83. The van der Waals surface area contributed by atoms with Crippen LogP contribution in [0.3, 0.4) is 0 Å². The van der Waals surface area contributed by atoms with Crippen molar-refractivity contribution in [3.8, 4) is 5.75 Å². The predicted octanol–water partition coefficient (Wildman–Crippen LogP) is 5.24. The predicted molar refractivity (Wildman–Crippen MR) is 103 cm³/mol. The van der Waals surface area contributed by atoms with Gasteiger partial charge in [-0.3, -0.25) is 0 Å². The van der Waals surface area contributed by atoms with E-state index in [1.807, 2.05) is 56.3 Å². The number of benzene rings is 2. The summed E-state index contributed by atoms with van der Waals surface area (Å²) in [7, 11) is 1.64. The Morgan fingerprint density at radius 1 is 0.960 bits per heavy atom. The zero-order chi connectivity index (χ0) is 17.8. The molecule has 3 aromatic rings. The topological polar surface area (TPSA) is 59.1 Å². The van der Waals surface area contributed by atoms with E-state index in [0.717, 1.165) is 28.3 Å². The second-order valence-corrected chi connectivity index (χ2v) is 6.11. The summed E-state index contributed by atoms with van der Waals surface area (Å²) in [6.07, 6.45) is 1.70. The van der Waals surface area contributed by atoms with Crippen molar-refractivity contribution >= 4 is 34.7 Å². The number of nitrogens with one attached hydrogen (secondary N) is 2. The normalized spacial score (nSPS) is 10.4. The molecule has 0 spiro atoms. The minimum Gasteiger partial charge on any atom is -0.495 e. The van der Waals surface area contributed by atoms with Crippen LogP contribution in [-0.4, -0.2) is 17.1 Å². The monoisotopic (exact) mass is 354 g/mol. The van der Waals surface area contributed by atoms with Crippen molar-refractivity contribution in [1.82, 2.24) is 9.97 Å². The first kappa shape index (κ1) is 17.0. The SMILES string of the molecule is COc1ccc(C)cc1Nc1ccnc(Nc2ccc(Cl)cc2C)n1. The lowest BCUT2D eigenvalue weighted by Gasteiger charge is -2.13. The van der Waals surface area contributed by atoms with E-state index in [2.05, 4.69) is 20.6 Å². The molecule has 0 fully saturated rings. The Morgan fingerprint density at radius 3 is 2.56 bits per heavy atom. The molecule has 0 aliphatic heterocycles. The van der Waals surface area contributed by atoms with Crippen LogP contribution in [0.15, 0.2) is 48.7 Å². The molecule has 0 unspecified atom stereocenters. The number of methoxy groups -OCH3 is 1. The van der Waals surface area contributed by atoms with Crippen molar-refractivity contribution in [3.05, 3.63) is 64.8 Å². The lowest BCUT2D eigenvalue weighted by molar-refractivity contribution is 0.416. The van der Waals surface area contributed by atoms with E-state index in [0.29, 0.717) is 16.8 Å². The number of aromatic nitrogens is 2. The fraction of sp³-hybridized carbons (Fsp3) is 0.158. The summed E-state index contributed by atoms with van der Waals surface area (Å²) in [5, 5.41) is 7.19. The summed E-state index contributed by atoms with van der Waals surface area (Å²) in [4.78, 5) is 8.78. The van der Waals surface area contributed by atoms with Crippen LogP contribution in [0.5, 0.6) is 5.75 Å². The molecule has 0 saturated carbocycles. The lowest BCUT2D eigenvalue weighted by Crippen LogP contribution is -2.02. The van der Waals surface area contributed by atoms with Gasteiger partial charge in [-0.1, -0.05) is 17.7 Å². The lowest BCUT2D eigenvalue weighted by atomic mass is 10.2. The molecule has 25 heavy (non-hydrogen) atoms. The maximum absolute atomic E-state index is 6.00. The van der Waals surface area contributed by atoms with Crippen LogP contribution < -0.4 is 15.4 Å². The molecular weight excluding hydrogens is 336 g/mol. The molecular formula is C19H19ClN4O. The van der Waals surface area contributed by atoms with E-state index in [-0.39, 0.29) is 0 Å². The number of nitrogens with zero attached hydrogens (tertiary/aromatic N) is 2. The molecule has 0 atom stereocenters. The van der Waals surface area contributed by atoms with Crippen LogP contribution in [0, 0.1) is 13.8 Å². The first-order valence-corrected chi connectivity index (χ1v) is 8.21. The Bertz CT molecular complexity index is 898. The highest BCUT2D eigenvalue weighted by Gasteiger charge is 2.07.